The van der Waals surface area contributed by atoms with Gasteiger partial charge in [-0.1, -0.05) is 16.8 Å². The fraction of sp³-hybridized carbons (Fsp3) is 0.400. The predicted octanol–water partition coefficient (Wildman–Crippen LogP) is 3.41. The van der Waals surface area contributed by atoms with E-state index in [-0.39, 0.29) is 18.6 Å². The molecule has 0 unspecified atom stereocenters. The maximum atomic E-state index is 12.4. The Morgan fingerprint density at radius 3 is 3.00 bits per heavy atom. The molecule has 0 spiro atoms. The molecule has 2 N–H and O–H groups in total. The highest BCUT2D eigenvalue weighted by Crippen LogP contribution is 2.31. The van der Waals surface area contributed by atoms with Gasteiger partial charge >= 0.3 is 0 Å². The quantitative estimate of drug-likeness (QED) is 0.660. The van der Waals surface area contributed by atoms with E-state index in [4.69, 9.17) is 20.9 Å². The molecular formula is C20H23ClN4O3. The van der Waals surface area contributed by atoms with E-state index in [1.807, 2.05) is 38.2 Å². The molecule has 1 aliphatic heterocycles. The number of benzene rings is 1. The number of amides is 1. The van der Waals surface area contributed by atoms with Gasteiger partial charge in [0, 0.05) is 28.7 Å². The number of H-pyrrole nitrogens is 1. The van der Waals surface area contributed by atoms with Gasteiger partial charge in [0.05, 0.1) is 23.3 Å². The zero-order valence-corrected chi connectivity index (χ0v) is 16.7. The number of nitrogens with zero attached hydrogens (tertiary/aromatic N) is 2. The van der Waals surface area contributed by atoms with Gasteiger partial charge in [0.2, 0.25) is 5.91 Å². The first kappa shape index (κ1) is 18.8. The van der Waals surface area contributed by atoms with Crippen molar-refractivity contribution >= 4 is 28.4 Å². The van der Waals surface area contributed by atoms with E-state index in [9.17, 15) is 4.79 Å². The van der Waals surface area contributed by atoms with E-state index in [1.54, 1.807) is 0 Å². The maximum absolute atomic E-state index is 12.4. The molecule has 1 atom stereocenters. The van der Waals surface area contributed by atoms with Crippen LogP contribution in [-0.4, -0.2) is 40.6 Å². The van der Waals surface area contributed by atoms with Gasteiger partial charge in [-0.05, 0) is 45.5 Å². The lowest BCUT2D eigenvalue weighted by Gasteiger charge is -2.18. The third-order valence-corrected chi connectivity index (χ3v) is 5.35. The molecule has 7 nitrogen and oxygen atoms in total. The molecule has 0 aliphatic carbocycles. The first-order valence-corrected chi connectivity index (χ1v) is 9.71. The first-order valence-electron chi connectivity index (χ1n) is 9.33. The molecule has 8 heteroatoms. The molecule has 28 heavy (non-hydrogen) atoms. The van der Waals surface area contributed by atoms with Crippen LogP contribution in [0.1, 0.15) is 30.0 Å². The number of aromatic amines is 1. The van der Waals surface area contributed by atoms with Gasteiger partial charge in [0.15, 0.2) is 5.76 Å². The number of halogens is 1. The largest absolute Gasteiger partial charge is 0.484 e. The SMILES string of the molecule is Cc1cc(COc2cc3[nH]c(CNC(=O)[C@@H]4CCCN4C)cc3cc2Cl)on1. The molecule has 4 rings (SSSR count). The Balaban J connectivity index is 1.42. The third kappa shape index (κ3) is 4.00. The molecule has 148 valence electrons. The van der Waals surface area contributed by atoms with Crippen molar-refractivity contribution in [3.63, 3.8) is 0 Å². The number of hydrogen-bond donors (Lipinski definition) is 2. The van der Waals surface area contributed by atoms with Crippen LogP contribution in [0.25, 0.3) is 10.9 Å². The van der Waals surface area contributed by atoms with Gasteiger partial charge in [-0.2, -0.15) is 0 Å². The summed E-state index contributed by atoms with van der Waals surface area (Å²) < 4.78 is 10.9. The zero-order chi connectivity index (χ0) is 19.7. The molecule has 1 amide bonds. The second kappa shape index (κ2) is 7.85. The number of likely N-dealkylation sites (N-methyl/N-ethyl adjacent to an activating group) is 1. The van der Waals surface area contributed by atoms with Crippen molar-refractivity contribution in [2.45, 2.75) is 39.0 Å². The van der Waals surface area contributed by atoms with Crippen LogP contribution in [0.4, 0.5) is 0 Å². The summed E-state index contributed by atoms with van der Waals surface area (Å²) in [5, 5.41) is 8.34. The summed E-state index contributed by atoms with van der Waals surface area (Å²) >= 11 is 6.35. The van der Waals surface area contributed by atoms with E-state index in [1.165, 1.54) is 0 Å². The van der Waals surface area contributed by atoms with Crippen molar-refractivity contribution in [3.8, 4) is 5.75 Å². The summed E-state index contributed by atoms with van der Waals surface area (Å²) in [6.45, 7) is 3.53. The number of likely N-dealkylation sites (tertiary alicyclic amines) is 1. The minimum Gasteiger partial charge on any atom is -0.484 e. The lowest BCUT2D eigenvalue weighted by molar-refractivity contribution is -0.125. The number of carbonyl (C=O) groups is 1. The highest BCUT2D eigenvalue weighted by Gasteiger charge is 2.27. The summed E-state index contributed by atoms with van der Waals surface area (Å²) in [4.78, 5) is 17.8. The molecule has 0 saturated carbocycles. The molecular weight excluding hydrogens is 380 g/mol. The monoisotopic (exact) mass is 402 g/mol. The predicted molar refractivity (Wildman–Crippen MR) is 106 cm³/mol. The van der Waals surface area contributed by atoms with Crippen molar-refractivity contribution in [2.24, 2.45) is 0 Å². The number of carbonyl (C=O) groups excluding carboxylic acids is 1. The molecule has 0 bridgehead atoms. The number of nitrogens with one attached hydrogen (secondary N) is 2. The molecule has 0 radical (unpaired) electrons. The number of hydrogen-bond acceptors (Lipinski definition) is 5. The average Bonchev–Trinajstić information content (AvgIpc) is 3.37. The van der Waals surface area contributed by atoms with Crippen LogP contribution >= 0.6 is 11.6 Å². The van der Waals surface area contributed by atoms with Crippen molar-refractivity contribution < 1.29 is 14.1 Å². The number of rotatable bonds is 6. The first-order chi connectivity index (χ1) is 13.5. The minimum absolute atomic E-state index is 0.0291. The molecule has 1 aromatic carbocycles. The Hall–Kier alpha value is -2.51. The van der Waals surface area contributed by atoms with Gasteiger partial charge in [0.1, 0.15) is 12.4 Å². The summed E-state index contributed by atoms with van der Waals surface area (Å²) in [6.07, 6.45) is 1.98. The highest BCUT2D eigenvalue weighted by molar-refractivity contribution is 6.32. The number of fused-ring (bicyclic) bond motifs is 1. The molecule has 2 aromatic heterocycles. The van der Waals surface area contributed by atoms with Crippen LogP contribution in [0.15, 0.2) is 28.8 Å². The second-order valence-electron chi connectivity index (χ2n) is 7.24. The lowest BCUT2D eigenvalue weighted by Crippen LogP contribution is -2.41. The van der Waals surface area contributed by atoms with Crippen LogP contribution in [0.5, 0.6) is 5.75 Å². The van der Waals surface area contributed by atoms with Gasteiger partial charge in [-0.25, -0.2) is 0 Å². The van der Waals surface area contributed by atoms with E-state index in [0.717, 1.165) is 41.7 Å². The van der Waals surface area contributed by atoms with Crippen molar-refractivity contribution in [1.82, 2.24) is 20.4 Å². The Kier molecular flexibility index (Phi) is 5.28. The Morgan fingerprint density at radius 2 is 2.29 bits per heavy atom. The van der Waals surface area contributed by atoms with Gasteiger partial charge in [0.25, 0.3) is 0 Å². The second-order valence-corrected chi connectivity index (χ2v) is 7.65. The number of aromatic nitrogens is 2. The van der Waals surface area contributed by atoms with Crippen LogP contribution in [0.2, 0.25) is 5.02 Å². The molecule has 1 fully saturated rings. The van der Waals surface area contributed by atoms with E-state index >= 15 is 0 Å². The standard InChI is InChI=1S/C20H23ClN4O3/c1-12-6-15(28-24-12)11-27-19-9-17-13(8-16(19)21)7-14(23-17)10-22-20(26)18-4-3-5-25(18)2/h6-9,18,23H,3-5,10-11H2,1-2H3,(H,22,26)/t18-/m0/s1. The average molecular weight is 403 g/mol. The van der Waals surface area contributed by atoms with Gasteiger partial charge in [-0.15, -0.1) is 0 Å². The Morgan fingerprint density at radius 1 is 1.43 bits per heavy atom. The maximum Gasteiger partial charge on any atom is 0.237 e. The zero-order valence-electron chi connectivity index (χ0n) is 15.9. The lowest BCUT2D eigenvalue weighted by atomic mass is 10.2. The van der Waals surface area contributed by atoms with E-state index in [0.29, 0.717) is 23.1 Å². The van der Waals surface area contributed by atoms with Crippen LogP contribution < -0.4 is 10.1 Å². The normalized spacial score (nSPS) is 17.3. The number of aryl methyl sites for hydroxylation is 1. The van der Waals surface area contributed by atoms with E-state index in [2.05, 4.69) is 20.4 Å². The van der Waals surface area contributed by atoms with E-state index < -0.39 is 0 Å². The fourth-order valence-corrected chi connectivity index (χ4v) is 3.80. The van der Waals surface area contributed by atoms with Crippen LogP contribution in [0, 0.1) is 6.92 Å². The molecule has 3 aromatic rings. The number of ether oxygens (including phenoxy) is 1. The third-order valence-electron chi connectivity index (χ3n) is 5.05. The van der Waals surface area contributed by atoms with Crippen molar-refractivity contribution in [1.29, 1.82) is 0 Å². The molecule has 1 aliphatic rings. The topological polar surface area (TPSA) is 83.4 Å². The summed E-state index contributed by atoms with van der Waals surface area (Å²) in [7, 11) is 1.99. The smallest absolute Gasteiger partial charge is 0.237 e. The summed E-state index contributed by atoms with van der Waals surface area (Å²) in [5.74, 6) is 1.27. The Labute approximate surface area is 168 Å². The van der Waals surface area contributed by atoms with Gasteiger partial charge in [-0.3, -0.25) is 9.69 Å². The van der Waals surface area contributed by atoms with Gasteiger partial charge < -0.3 is 19.6 Å². The van der Waals surface area contributed by atoms with Crippen LogP contribution in [0.3, 0.4) is 0 Å². The van der Waals surface area contributed by atoms with Crippen molar-refractivity contribution in [3.05, 3.63) is 46.4 Å². The summed E-state index contributed by atoms with van der Waals surface area (Å²) in [5.41, 5.74) is 2.62. The minimum atomic E-state index is -0.0291. The van der Waals surface area contributed by atoms with Crippen LogP contribution in [-0.2, 0) is 17.9 Å². The van der Waals surface area contributed by atoms with Crippen molar-refractivity contribution in [2.75, 3.05) is 13.6 Å². The fourth-order valence-electron chi connectivity index (χ4n) is 3.57. The molecule has 3 heterocycles. The summed E-state index contributed by atoms with van der Waals surface area (Å²) in [6, 6.07) is 7.49. The molecule has 1 saturated heterocycles. The highest BCUT2D eigenvalue weighted by atomic mass is 35.5. The Bertz CT molecular complexity index is 997.